The molecule has 29 heavy (non-hydrogen) atoms. The molecule has 1 aliphatic rings. The van der Waals surface area contributed by atoms with Crippen LogP contribution in [0.4, 0.5) is 0 Å². The zero-order valence-electron chi connectivity index (χ0n) is 17.2. The van der Waals surface area contributed by atoms with E-state index in [0.29, 0.717) is 19.4 Å². The number of nitriles is 1. The Balaban J connectivity index is 2.90. The highest BCUT2D eigenvalue weighted by Crippen LogP contribution is 2.16. The average molecular weight is 425 g/mol. The summed E-state index contributed by atoms with van der Waals surface area (Å²) in [5, 5.41) is 27.5. The van der Waals surface area contributed by atoms with Gasteiger partial charge in [-0.1, -0.05) is 25.4 Å². The third-order valence-electron chi connectivity index (χ3n) is 4.51. The standard InChI is InChI=1S/C19H29ClN6O3/c1-10(2)7-14(26-19(29)16(23-4)15(20)11(3)22)18(28)25-13(9-21)8-12-5-6-24-17(12)27/h10,12-14,22-23H,5-8H2,1-4H3,(H,24,27)(H,25,28)(H,26,29)/b16-15+,22-11?/t12-,13-,14-/m0/s1. The summed E-state index contributed by atoms with van der Waals surface area (Å²) in [6.45, 7) is 5.82. The van der Waals surface area contributed by atoms with E-state index in [1.165, 1.54) is 14.0 Å². The first-order valence-corrected chi connectivity index (χ1v) is 9.90. The van der Waals surface area contributed by atoms with Gasteiger partial charge in [-0.2, -0.15) is 5.26 Å². The maximum atomic E-state index is 12.8. The van der Waals surface area contributed by atoms with Gasteiger partial charge in [0.05, 0.1) is 11.1 Å². The maximum Gasteiger partial charge on any atom is 0.269 e. The lowest BCUT2D eigenvalue weighted by molar-refractivity contribution is -0.128. The molecule has 3 amide bonds. The normalized spacial score (nSPS) is 18.8. The Bertz CT molecular complexity index is 728. The molecule has 1 saturated heterocycles. The third-order valence-corrected chi connectivity index (χ3v) is 4.98. The van der Waals surface area contributed by atoms with Gasteiger partial charge < -0.3 is 26.7 Å². The van der Waals surface area contributed by atoms with Crippen LogP contribution in [-0.4, -0.2) is 49.1 Å². The molecule has 1 fully saturated rings. The van der Waals surface area contributed by atoms with Crippen LogP contribution in [0.5, 0.6) is 0 Å². The fourth-order valence-electron chi connectivity index (χ4n) is 3.01. The Morgan fingerprint density at radius 3 is 2.48 bits per heavy atom. The minimum atomic E-state index is -0.894. The highest BCUT2D eigenvalue weighted by atomic mass is 35.5. The minimum Gasteiger partial charge on any atom is -0.382 e. The molecule has 5 N–H and O–H groups in total. The quantitative estimate of drug-likeness (QED) is 0.259. The van der Waals surface area contributed by atoms with Crippen LogP contribution in [0.3, 0.4) is 0 Å². The Morgan fingerprint density at radius 2 is 2.03 bits per heavy atom. The molecule has 3 atom stereocenters. The van der Waals surface area contributed by atoms with Gasteiger partial charge in [0, 0.05) is 25.2 Å². The first kappa shape index (κ1) is 24.4. The number of likely N-dealkylation sites (N-methyl/N-ethyl adjacent to an activating group) is 1. The van der Waals surface area contributed by atoms with Gasteiger partial charge in [-0.3, -0.25) is 14.4 Å². The molecule has 1 aliphatic heterocycles. The first-order chi connectivity index (χ1) is 13.6. The number of carbonyl (C=O) groups excluding carboxylic acids is 3. The molecule has 0 aromatic heterocycles. The summed E-state index contributed by atoms with van der Waals surface area (Å²) in [5.41, 5.74) is -0.00408. The molecule has 10 heteroatoms. The van der Waals surface area contributed by atoms with Gasteiger partial charge in [-0.05, 0) is 32.1 Å². The molecule has 0 saturated carbocycles. The van der Waals surface area contributed by atoms with Crippen molar-refractivity contribution >= 4 is 35.0 Å². The predicted octanol–water partition coefficient (Wildman–Crippen LogP) is 0.761. The topological polar surface area (TPSA) is 147 Å². The fourth-order valence-corrected chi connectivity index (χ4v) is 3.19. The van der Waals surface area contributed by atoms with Gasteiger partial charge in [0.2, 0.25) is 11.8 Å². The molecule has 0 aliphatic carbocycles. The second kappa shape index (κ2) is 11.4. The molecular formula is C19H29ClN6O3. The number of nitrogens with zero attached hydrogens (tertiary/aromatic N) is 1. The van der Waals surface area contributed by atoms with Gasteiger partial charge in [0.15, 0.2) is 0 Å². The van der Waals surface area contributed by atoms with Gasteiger partial charge in [0.25, 0.3) is 5.91 Å². The van der Waals surface area contributed by atoms with Gasteiger partial charge in [0.1, 0.15) is 17.8 Å². The van der Waals surface area contributed by atoms with Crippen molar-refractivity contribution in [3.05, 3.63) is 10.7 Å². The molecule has 0 radical (unpaired) electrons. The van der Waals surface area contributed by atoms with Crippen LogP contribution >= 0.6 is 11.6 Å². The van der Waals surface area contributed by atoms with E-state index in [4.69, 9.17) is 17.0 Å². The van der Waals surface area contributed by atoms with E-state index >= 15 is 0 Å². The lowest BCUT2D eigenvalue weighted by Gasteiger charge is -2.23. The highest BCUT2D eigenvalue weighted by molar-refractivity contribution is 6.44. The summed E-state index contributed by atoms with van der Waals surface area (Å²) in [6, 6.07) is 0.281. The number of allylic oxidation sites excluding steroid dienone is 1. The number of carbonyl (C=O) groups is 3. The Labute approximate surface area is 176 Å². The maximum absolute atomic E-state index is 12.8. The Hall–Kier alpha value is -2.60. The van der Waals surface area contributed by atoms with Crippen LogP contribution in [-0.2, 0) is 14.4 Å². The van der Waals surface area contributed by atoms with Gasteiger partial charge >= 0.3 is 0 Å². The summed E-state index contributed by atoms with van der Waals surface area (Å²) in [5.74, 6) is -1.46. The van der Waals surface area contributed by atoms with Crippen molar-refractivity contribution in [2.24, 2.45) is 11.8 Å². The average Bonchev–Trinajstić information content (AvgIpc) is 3.05. The number of halogens is 1. The van der Waals surface area contributed by atoms with E-state index in [2.05, 4.69) is 21.3 Å². The Kier molecular flexibility index (Phi) is 9.62. The molecule has 1 rings (SSSR count). The SMILES string of the molecule is CN/C(C(=O)N[C@@H](CC(C)C)C(=O)N[C@H](C#N)C[C@@H]1CCNC1=O)=C(/Cl)C(C)=N. The van der Waals surface area contributed by atoms with Crippen LogP contribution in [0, 0.1) is 28.6 Å². The smallest absolute Gasteiger partial charge is 0.269 e. The van der Waals surface area contributed by atoms with E-state index in [-0.39, 0.29) is 40.6 Å². The van der Waals surface area contributed by atoms with Crippen LogP contribution in [0.2, 0.25) is 0 Å². The number of amides is 3. The summed E-state index contributed by atoms with van der Waals surface area (Å²) in [6.07, 6.45) is 1.19. The van der Waals surface area contributed by atoms with Crippen LogP contribution in [0.25, 0.3) is 0 Å². The lowest BCUT2D eigenvalue weighted by Crippen LogP contribution is -2.51. The molecule has 1 heterocycles. The summed E-state index contributed by atoms with van der Waals surface area (Å²) >= 11 is 6.01. The second-order valence-corrected chi connectivity index (χ2v) is 7.80. The number of hydrogen-bond acceptors (Lipinski definition) is 6. The monoisotopic (exact) mass is 424 g/mol. The predicted molar refractivity (Wildman–Crippen MR) is 110 cm³/mol. The third kappa shape index (κ3) is 7.38. The Morgan fingerprint density at radius 1 is 1.38 bits per heavy atom. The summed E-state index contributed by atoms with van der Waals surface area (Å²) in [7, 11) is 1.50. The van der Waals surface area contributed by atoms with E-state index in [1.807, 2.05) is 19.9 Å². The number of hydrogen-bond donors (Lipinski definition) is 5. The summed E-state index contributed by atoms with van der Waals surface area (Å²) < 4.78 is 0. The first-order valence-electron chi connectivity index (χ1n) is 9.52. The van der Waals surface area contributed by atoms with E-state index < -0.39 is 23.9 Å². The van der Waals surface area contributed by atoms with Crippen molar-refractivity contribution in [3.63, 3.8) is 0 Å². The highest BCUT2D eigenvalue weighted by Gasteiger charge is 2.30. The number of rotatable bonds is 10. The van der Waals surface area contributed by atoms with E-state index in [9.17, 15) is 19.6 Å². The zero-order valence-corrected chi connectivity index (χ0v) is 17.9. The largest absolute Gasteiger partial charge is 0.382 e. The van der Waals surface area contributed by atoms with Crippen molar-refractivity contribution in [1.82, 2.24) is 21.3 Å². The molecule has 0 aromatic rings. The van der Waals surface area contributed by atoms with Gasteiger partial charge in [-0.25, -0.2) is 0 Å². The zero-order chi connectivity index (χ0) is 22.1. The van der Waals surface area contributed by atoms with Crippen molar-refractivity contribution in [2.75, 3.05) is 13.6 Å². The molecule has 0 spiro atoms. The molecule has 9 nitrogen and oxygen atoms in total. The molecule has 0 unspecified atom stereocenters. The summed E-state index contributed by atoms with van der Waals surface area (Å²) in [4.78, 5) is 37.1. The molecule has 160 valence electrons. The molecule has 0 aromatic carbocycles. The van der Waals surface area contributed by atoms with E-state index in [0.717, 1.165) is 0 Å². The van der Waals surface area contributed by atoms with Crippen LogP contribution in [0.15, 0.2) is 10.7 Å². The van der Waals surface area contributed by atoms with E-state index in [1.54, 1.807) is 0 Å². The van der Waals surface area contributed by atoms with Gasteiger partial charge in [-0.15, -0.1) is 0 Å². The fraction of sp³-hybridized carbons (Fsp3) is 0.632. The van der Waals surface area contributed by atoms with Crippen LogP contribution in [0.1, 0.15) is 40.0 Å². The van der Waals surface area contributed by atoms with Crippen molar-refractivity contribution in [2.45, 2.75) is 52.1 Å². The van der Waals surface area contributed by atoms with Crippen molar-refractivity contribution in [1.29, 1.82) is 10.7 Å². The molecular weight excluding hydrogens is 396 g/mol. The van der Waals surface area contributed by atoms with Crippen molar-refractivity contribution < 1.29 is 14.4 Å². The second-order valence-electron chi connectivity index (χ2n) is 7.42. The molecule has 0 bridgehead atoms. The minimum absolute atomic E-state index is 0.00964. The lowest BCUT2D eigenvalue weighted by atomic mass is 9.98. The van der Waals surface area contributed by atoms with Crippen molar-refractivity contribution in [3.8, 4) is 6.07 Å². The number of nitrogens with one attached hydrogen (secondary N) is 5. The van der Waals surface area contributed by atoms with Crippen LogP contribution < -0.4 is 21.3 Å².